The number of hydrogen-bond donors (Lipinski definition) is 0. The molecule has 2 nitrogen and oxygen atoms in total. The third-order valence-electron chi connectivity index (χ3n) is 5.76. The van der Waals surface area contributed by atoms with Gasteiger partial charge in [-0.2, -0.15) is 0 Å². The molecule has 0 aliphatic heterocycles. The van der Waals surface area contributed by atoms with Gasteiger partial charge in [0.25, 0.3) is 0 Å². The first-order chi connectivity index (χ1) is 13.3. The van der Waals surface area contributed by atoms with Gasteiger partial charge in [0.05, 0.1) is 5.52 Å². The van der Waals surface area contributed by atoms with Gasteiger partial charge in [0.1, 0.15) is 11.3 Å². The second kappa shape index (κ2) is 8.52. The SMILES string of the molecule is CCCC(CCc1ccccc1)c1nc2c(SC)cccc2n1CC1CC1. The molecule has 0 bridgehead atoms. The van der Waals surface area contributed by atoms with Crippen LogP contribution in [0.1, 0.15) is 56.3 Å². The molecule has 3 aromatic rings. The quantitative estimate of drug-likeness (QED) is 0.386. The highest BCUT2D eigenvalue weighted by molar-refractivity contribution is 7.98. The number of imidazole rings is 1. The highest BCUT2D eigenvalue weighted by Gasteiger charge is 2.27. The summed E-state index contributed by atoms with van der Waals surface area (Å²) in [5.74, 6) is 2.72. The minimum Gasteiger partial charge on any atom is -0.327 e. The molecule has 0 radical (unpaired) electrons. The van der Waals surface area contributed by atoms with Crippen LogP contribution >= 0.6 is 11.8 Å². The van der Waals surface area contributed by atoms with Crippen LogP contribution in [0.25, 0.3) is 11.0 Å². The van der Waals surface area contributed by atoms with Gasteiger partial charge in [-0.1, -0.05) is 49.7 Å². The minimum atomic E-state index is 0.538. The zero-order chi connectivity index (χ0) is 18.6. The van der Waals surface area contributed by atoms with Gasteiger partial charge >= 0.3 is 0 Å². The van der Waals surface area contributed by atoms with E-state index in [1.807, 2.05) is 11.8 Å². The van der Waals surface area contributed by atoms with E-state index in [0.29, 0.717) is 5.92 Å². The molecule has 1 fully saturated rings. The second-order valence-electron chi connectivity index (χ2n) is 7.86. The van der Waals surface area contributed by atoms with Crippen molar-refractivity contribution in [2.45, 2.75) is 62.8 Å². The molecular formula is C24H30N2S. The van der Waals surface area contributed by atoms with Crippen LogP contribution in [0.4, 0.5) is 0 Å². The summed E-state index contributed by atoms with van der Waals surface area (Å²) >= 11 is 1.81. The number of nitrogens with zero attached hydrogens (tertiary/aromatic N) is 2. The summed E-state index contributed by atoms with van der Waals surface area (Å²) in [6.45, 7) is 3.45. The number of thioether (sulfide) groups is 1. The number of aryl methyl sites for hydroxylation is 1. The van der Waals surface area contributed by atoms with E-state index in [1.54, 1.807) is 0 Å². The van der Waals surface area contributed by atoms with Crippen molar-refractivity contribution in [3.05, 3.63) is 59.9 Å². The molecule has 142 valence electrons. The molecule has 1 saturated carbocycles. The van der Waals surface area contributed by atoms with Crippen molar-refractivity contribution in [2.24, 2.45) is 5.92 Å². The summed E-state index contributed by atoms with van der Waals surface area (Å²) in [5.41, 5.74) is 3.99. The maximum atomic E-state index is 5.24. The Kier molecular flexibility index (Phi) is 5.87. The average molecular weight is 379 g/mol. The predicted molar refractivity (Wildman–Crippen MR) is 117 cm³/mol. The molecule has 1 unspecified atom stereocenters. The van der Waals surface area contributed by atoms with Gasteiger partial charge in [0.15, 0.2) is 0 Å². The lowest BCUT2D eigenvalue weighted by Crippen LogP contribution is -2.11. The Morgan fingerprint density at radius 3 is 2.59 bits per heavy atom. The molecule has 1 aliphatic rings. The van der Waals surface area contributed by atoms with Crippen LogP contribution in [-0.4, -0.2) is 15.8 Å². The molecule has 1 atom stereocenters. The zero-order valence-electron chi connectivity index (χ0n) is 16.5. The van der Waals surface area contributed by atoms with Gasteiger partial charge in [0.2, 0.25) is 0 Å². The van der Waals surface area contributed by atoms with Gasteiger partial charge in [-0.25, -0.2) is 4.98 Å². The van der Waals surface area contributed by atoms with Gasteiger partial charge in [0, 0.05) is 17.4 Å². The van der Waals surface area contributed by atoms with Crippen molar-refractivity contribution in [3.8, 4) is 0 Å². The number of para-hydroxylation sites is 1. The van der Waals surface area contributed by atoms with Crippen LogP contribution in [0, 0.1) is 5.92 Å². The Bertz CT molecular complexity index is 880. The lowest BCUT2D eigenvalue weighted by molar-refractivity contribution is 0.499. The zero-order valence-corrected chi connectivity index (χ0v) is 17.3. The lowest BCUT2D eigenvalue weighted by Gasteiger charge is -2.18. The molecule has 2 aromatic carbocycles. The highest BCUT2D eigenvalue weighted by Crippen LogP contribution is 2.37. The Morgan fingerprint density at radius 2 is 1.89 bits per heavy atom. The molecule has 0 spiro atoms. The second-order valence-corrected chi connectivity index (χ2v) is 8.71. The number of rotatable bonds is 9. The summed E-state index contributed by atoms with van der Waals surface area (Å²) < 4.78 is 2.57. The average Bonchev–Trinajstić information content (AvgIpc) is 3.45. The van der Waals surface area contributed by atoms with Crippen molar-refractivity contribution in [2.75, 3.05) is 6.26 Å². The van der Waals surface area contributed by atoms with Crippen molar-refractivity contribution < 1.29 is 0 Å². The lowest BCUT2D eigenvalue weighted by atomic mass is 9.94. The van der Waals surface area contributed by atoms with Gasteiger partial charge < -0.3 is 4.57 Å². The summed E-state index contributed by atoms with van der Waals surface area (Å²) in [6.07, 6.45) is 9.66. The van der Waals surface area contributed by atoms with Crippen LogP contribution in [-0.2, 0) is 13.0 Å². The van der Waals surface area contributed by atoms with Crippen molar-refractivity contribution in [1.29, 1.82) is 0 Å². The Balaban J connectivity index is 1.69. The minimum absolute atomic E-state index is 0.538. The first-order valence-corrected chi connectivity index (χ1v) is 11.6. The number of aromatic nitrogens is 2. The Labute approximate surface area is 167 Å². The standard InChI is InChI=1S/C24H30N2S/c1-3-8-20(16-15-18-9-5-4-6-10-18)24-25-23-21(11-7-12-22(23)27-2)26(24)17-19-13-14-19/h4-7,9-12,19-20H,3,8,13-17H2,1-2H3. The maximum Gasteiger partial charge on any atom is 0.113 e. The number of fused-ring (bicyclic) bond motifs is 1. The van der Waals surface area contributed by atoms with Crippen LogP contribution in [0.3, 0.4) is 0 Å². The fraction of sp³-hybridized carbons (Fsp3) is 0.458. The van der Waals surface area contributed by atoms with Gasteiger partial charge in [-0.15, -0.1) is 11.8 Å². The summed E-state index contributed by atoms with van der Waals surface area (Å²) in [5, 5.41) is 0. The molecule has 3 heteroatoms. The molecule has 4 rings (SSSR count). The Hall–Kier alpha value is -1.74. The third kappa shape index (κ3) is 4.24. The van der Waals surface area contributed by atoms with Crippen molar-refractivity contribution in [3.63, 3.8) is 0 Å². The molecule has 0 N–H and O–H groups in total. The predicted octanol–water partition coefficient (Wildman–Crippen LogP) is 6.68. The van der Waals surface area contributed by atoms with E-state index in [-0.39, 0.29) is 0 Å². The van der Waals surface area contributed by atoms with E-state index in [2.05, 4.69) is 66.3 Å². The van der Waals surface area contributed by atoms with E-state index in [1.165, 1.54) is 59.4 Å². The van der Waals surface area contributed by atoms with Gasteiger partial charge in [-0.3, -0.25) is 0 Å². The smallest absolute Gasteiger partial charge is 0.113 e. The van der Waals surface area contributed by atoms with E-state index in [4.69, 9.17) is 4.98 Å². The van der Waals surface area contributed by atoms with Gasteiger partial charge in [-0.05, 0) is 62.0 Å². The first kappa shape index (κ1) is 18.6. The highest BCUT2D eigenvalue weighted by atomic mass is 32.2. The van der Waals surface area contributed by atoms with Crippen molar-refractivity contribution in [1.82, 2.24) is 9.55 Å². The largest absolute Gasteiger partial charge is 0.327 e. The summed E-state index contributed by atoms with van der Waals surface area (Å²) in [6, 6.07) is 17.6. The van der Waals surface area contributed by atoms with Crippen LogP contribution in [0.5, 0.6) is 0 Å². The molecule has 1 aromatic heterocycles. The van der Waals surface area contributed by atoms with E-state index in [0.717, 1.165) is 18.9 Å². The van der Waals surface area contributed by atoms with Crippen LogP contribution < -0.4 is 0 Å². The van der Waals surface area contributed by atoms with Crippen LogP contribution in [0.2, 0.25) is 0 Å². The molecule has 27 heavy (non-hydrogen) atoms. The molecule has 0 saturated heterocycles. The molecular weight excluding hydrogens is 348 g/mol. The van der Waals surface area contributed by atoms with E-state index < -0.39 is 0 Å². The monoisotopic (exact) mass is 378 g/mol. The third-order valence-corrected chi connectivity index (χ3v) is 6.52. The summed E-state index contributed by atoms with van der Waals surface area (Å²) in [7, 11) is 0. The van der Waals surface area contributed by atoms with E-state index in [9.17, 15) is 0 Å². The topological polar surface area (TPSA) is 17.8 Å². The van der Waals surface area contributed by atoms with Crippen LogP contribution in [0.15, 0.2) is 53.4 Å². The number of benzene rings is 2. The Morgan fingerprint density at radius 1 is 1.07 bits per heavy atom. The maximum absolute atomic E-state index is 5.24. The molecule has 1 aliphatic carbocycles. The fourth-order valence-electron chi connectivity index (χ4n) is 4.10. The van der Waals surface area contributed by atoms with Crippen molar-refractivity contribution >= 4 is 22.8 Å². The summed E-state index contributed by atoms with van der Waals surface area (Å²) in [4.78, 5) is 6.54. The normalized spacial score (nSPS) is 15.3. The molecule has 1 heterocycles. The fourth-order valence-corrected chi connectivity index (χ4v) is 4.66. The number of hydrogen-bond acceptors (Lipinski definition) is 2. The first-order valence-electron chi connectivity index (χ1n) is 10.4. The van der Waals surface area contributed by atoms with E-state index >= 15 is 0 Å². The molecule has 0 amide bonds.